The third-order valence-corrected chi connectivity index (χ3v) is 8.46. The summed E-state index contributed by atoms with van der Waals surface area (Å²) in [5.74, 6) is -0.501. The molecule has 7 nitrogen and oxygen atoms in total. The van der Waals surface area contributed by atoms with Crippen molar-refractivity contribution in [1.82, 2.24) is 0 Å². The maximum atomic E-state index is 13.3. The summed E-state index contributed by atoms with van der Waals surface area (Å²) in [5, 5.41) is 8.72. The van der Waals surface area contributed by atoms with Gasteiger partial charge in [0.05, 0.1) is 18.6 Å². The highest BCUT2D eigenvalue weighted by Crippen LogP contribution is 2.53. The molecular formula is C21H43O7P. The van der Waals surface area contributed by atoms with Crippen LogP contribution in [0, 0.1) is 16.2 Å². The SMILES string of the molecule is CCC(C)(C)CC(CO)(C(=O)OC(C)COC(C)(CC)P(=O)(O)O)C(C)(C)CC. The highest BCUT2D eigenvalue weighted by atomic mass is 31.2. The van der Waals surface area contributed by atoms with Crippen LogP contribution in [0.1, 0.15) is 88.0 Å². The third-order valence-electron chi connectivity index (χ3n) is 6.79. The number of hydrogen-bond acceptors (Lipinski definition) is 5. The Labute approximate surface area is 176 Å². The molecule has 174 valence electrons. The lowest BCUT2D eigenvalue weighted by molar-refractivity contribution is -0.182. The number of carbonyl (C=O) groups excluding carboxylic acids is 1. The van der Waals surface area contributed by atoms with Crippen molar-refractivity contribution in [2.24, 2.45) is 16.2 Å². The van der Waals surface area contributed by atoms with Gasteiger partial charge in [-0.2, -0.15) is 0 Å². The Morgan fingerprint density at radius 3 is 1.86 bits per heavy atom. The molecule has 0 aliphatic carbocycles. The molecule has 0 bridgehead atoms. The number of hydrogen-bond donors (Lipinski definition) is 3. The number of ether oxygens (including phenoxy) is 2. The van der Waals surface area contributed by atoms with E-state index in [0.29, 0.717) is 12.8 Å². The lowest BCUT2D eigenvalue weighted by Crippen LogP contribution is -2.51. The second-order valence-corrected chi connectivity index (χ2v) is 11.8. The molecule has 0 aliphatic heterocycles. The summed E-state index contributed by atoms with van der Waals surface area (Å²) >= 11 is 0. The lowest BCUT2D eigenvalue weighted by atomic mass is 9.58. The van der Waals surface area contributed by atoms with Crippen molar-refractivity contribution < 1.29 is 33.7 Å². The molecule has 29 heavy (non-hydrogen) atoms. The van der Waals surface area contributed by atoms with Gasteiger partial charge in [-0.1, -0.05) is 54.9 Å². The summed E-state index contributed by atoms with van der Waals surface area (Å²) in [6.07, 6.45) is 1.39. The molecular weight excluding hydrogens is 395 g/mol. The molecule has 0 fully saturated rings. The van der Waals surface area contributed by atoms with Crippen LogP contribution in [0.3, 0.4) is 0 Å². The van der Waals surface area contributed by atoms with Crippen molar-refractivity contribution >= 4 is 13.6 Å². The smallest absolute Gasteiger partial charge is 0.356 e. The van der Waals surface area contributed by atoms with E-state index in [1.54, 1.807) is 13.8 Å². The van der Waals surface area contributed by atoms with Gasteiger partial charge in [-0.3, -0.25) is 9.36 Å². The van der Waals surface area contributed by atoms with E-state index < -0.39 is 35.8 Å². The van der Waals surface area contributed by atoms with Crippen molar-refractivity contribution in [2.45, 2.75) is 99.4 Å². The number of carbonyl (C=O) groups is 1. The summed E-state index contributed by atoms with van der Waals surface area (Å²) in [6.45, 7) is 16.2. The van der Waals surface area contributed by atoms with Crippen LogP contribution >= 0.6 is 7.60 Å². The molecule has 0 saturated heterocycles. The second kappa shape index (κ2) is 10.2. The van der Waals surface area contributed by atoms with Crippen LogP contribution in [0.2, 0.25) is 0 Å². The largest absolute Gasteiger partial charge is 0.460 e. The van der Waals surface area contributed by atoms with Gasteiger partial charge in [0.2, 0.25) is 0 Å². The standard InChI is InChI=1S/C21H43O7P/c1-10-18(5,6)14-21(15-22,19(7,8)11-2)17(23)28-16(4)13-27-20(9,12-3)29(24,25)26/h16,22H,10-15H2,1-9H3,(H2,24,25,26). The molecule has 0 amide bonds. The highest BCUT2D eigenvalue weighted by molar-refractivity contribution is 7.53. The molecule has 0 aliphatic rings. The van der Waals surface area contributed by atoms with Gasteiger partial charge < -0.3 is 24.4 Å². The van der Waals surface area contributed by atoms with Gasteiger partial charge in [0, 0.05) is 0 Å². The summed E-state index contributed by atoms with van der Waals surface area (Å²) in [4.78, 5) is 32.4. The van der Waals surface area contributed by atoms with Crippen molar-refractivity contribution in [3.63, 3.8) is 0 Å². The van der Waals surface area contributed by atoms with E-state index in [2.05, 4.69) is 20.8 Å². The van der Waals surface area contributed by atoms with Crippen LogP contribution in [0.5, 0.6) is 0 Å². The van der Waals surface area contributed by atoms with Crippen molar-refractivity contribution in [3.05, 3.63) is 0 Å². The van der Waals surface area contributed by atoms with Crippen molar-refractivity contribution in [2.75, 3.05) is 13.2 Å². The number of aliphatic hydroxyl groups excluding tert-OH is 1. The Bertz CT molecular complexity index is 584. The zero-order valence-corrected chi connectivity index (χ0v) is 20.6. The molecule has 3 unspecified atom stereocenters. The summed E-state index contributed by atoms with van der Waals surface area (Å²) in [7, 11) is -4.48. The number of aliphatic hydroxyl groups is 1. The molecule has 0 radical (unpaired) electrons. The molecule has 8 heteroatoms. The first-order valence-electron chi connectivity index (χ1n) is 10.5. The molecule has 0 rings (SSSR count). The Morgan fingerprint density at radius 2 is 1.52 bits per heavy atom. The average molecular weight is 439 g/mol. The minimum absolute atomic E-state index is 0.117. The minimum Gasteiger partial charge on any atom is -0.460 e. The Morgan fingerprint density at radius 1 is 1.00 bits per heavy atom. The highest BCUT2D eigenvalue weighted by Gasteiger charge is 2.53. The van der Waals surface area contributed by atoms with Crippen molar-refractivity contribution in [1.29, 1.82) is 0 Å². The van der Waals surface area contributed by atoms with E-state index in [-0.39, 0.29) is 25.0 Å². The molecule has 0 spiro atoms. The topological polar surface area (TPSA) is 113 Å². The van der Waals surface area contributed by atoms with Gasteiger partial charge in [0.15, 0.2) is 5.34 Å². The zero-order chi connectivity index (χ0) is 23.3. The van der Waals surface area contributed by atoms with Gasteiger partial charge in [-0.15, -0.1) is 0 Å². The van der Waals surface area contributed by atoms with Crippen LogP contribution in [0.15, 0.2) is 0 Å². The van der Waals surface area contributed by atoms with E-state index in [1.807, 2.05) is 20.8 Å². The molecule has 3 atom stereocenters. The van der Waals surface area contributed by atoms with Crippen LogP contribution < -0.4 is 0 Å². The van der Waals surface area contributed by atoms with E-state index in [9.17, 15) is 24.3 Å². The molecule has 0 aromatic heterocycles. The maximum Gasteiger partial charge on any atom is 0.356 e. The predicted molar refractivity (Wildman–Crippen MR) is 115 cm³/mol. The van der Waals surface area contributed by atoms with Crippen molar-refractivity contribution in [3.8, 4) is 0 Å². The van der Waals surface area contributed by atoms with Gasteiger partial charge >= 0.3 is 13.6 Å². The second-order valence-electron chi connectivity index (χ2n) is 9.77. The monoisotopic (exact) mass is 438 g/mol. The third kappa shape index (κ3) is 6.76. The molecule has 0 saturated carbocycles. The van der Waals surface area contributed by atoms with E-state index in [4.69, 9.17) is 9.47 Å². The first-order chi connectivity index (χ1) is 13.0. The average Bonchev–Trinajstić information content (AvgIpc) is 2.62. The Balaban J connectivity index is 5.60. The predicted octanol–water partition coefficient (Wildman–Crippen LogP) is 4.48. The van der Waals surface area contributed by atoms with Crippen LogP contribution in [-0.2, 0) is 18.8 Å². The fraction of sp³-hybridized carbons (Fsp3) is 0.952. The maximum absolute atomic E-state index is 13.3. The van der Waals surface area contributed by atoms with Gasteiger partial charge in [0.25, 0.3) is 0 Å². The van der Waals surface area contributed by atoms with Gasteiger partial charge in [0.1, 0.15) is 6.10 Å². The zero-order valence-electron chi connectivity index (χ0n) is 19.7. The normalized spacial score (nSPS) is 18.6. The quantitative estimate of drug-likeness (QED) is 0.287. The van der Waals surface area contributed by atoms with E-state index >= 15 is 0 Å². The lowest BCUT2D eigenvalue weighted by Gasteiger charge is -2.47. The fourth-order valence-corrected chi connectivity index (χ4v) is 3.88. The van der Waals surface area contributed by atoms with Gasteiger partial charge in [-0.25, -0.2) is 0 Å². The number of rotatable bonds is 13. The first-order valence-corrected chi connectivity index (χ1v) is 12.1. The number of esters is 1. The van der Waals surface area contributed by atoms with E-state index in [0.717, 1.165) is 6.42 Å². The summed E-state index contributed by atoms with van der Waals surface area (Å²) in [6, 6.07) is 0. The first kappa shape index (κ1) is 28.5. The van der Waals surface area contributed by atoms with Crippen LogP contribution in [0.25, 0.3) is 0 Å². The Kier molecular flexibility index (Phi) is 10.1. The van der Waals surface area contributed by atoms with Crippen LogP contribution in [0.4, 0.5) is 0 Å². The van der Waals surface area contributed by atoms with E-state index in [1.165, 1.54) is 6.92 Å². The fourth-order valence-electron chi connectivity index (χ4n) is 3.22. The summed E-state index contributed by atoms with van der Waals surface area (Å²) in [5.41, 5.74) is -1.77. The molecule has 0 aromatic rings. The minimum atomic E-state index is -4.48. The molecule has 3 N–H and O–H groups in total. The molecule has 0 aromatic carbocycles. The van der Waals surface area contributed by atoms with Crippen LogP contribution in [-0.4, -0.2) is 45.5 Å². The van der Waals surface area contributed by atoms with Gasteiger partial charge in [-0.05, 0) is 43.9 Å². The summed E-state index contributed by atoms with van der Waals surface area (Å²) < 4.78 is 22.9. The Hall–Kier alpha value is -0.460. The molecule has 0 heterocycles.